The number of aryl methyl sites for hydroxylation is 1. The van der Waals surface area contributed by atoms with E-state index in [1.165, 1.54) is 5.56 Å². The maximum Gasteiger partial charge on any atom is 1.00 e. The predicted molar refractivity (Wildman–Crippen MR) is 88.8 cm³/mol. The molecule has 0 unspecified atom stereocenters. The van der Waals surface area contributed by atoms with Crippen LogP contribution in [0.15, 0.2) is 53.5 Å². The molecule has 1 aliphatic heterocycles. The number of anilines is 2. The van der Waals surface area contributed by atoms with Crippen molar-refractivity contribution in [3.63, 3.8) is 0 Å². The average molecular weight is 329 g/mol. The van der Waals surface area contributed by atoms with Gasteiger partial charge in [-0.25, -0.2) is 0 Å². The molecule has 0 amide bonds. The molecule has 0 radical (unpaired) electrons. The van der Waals surface area contributed by atoms with E-state index in [2.05, 4.69) is 46.4 Å². The molecular formula is C17H21N3Na2O. The monoisotopic (exact) mass is 329 g/mol. The molecule has 2 aromatic carbocycles. The van der Waals surface area contributed by atoms with Crippen LogP contribution in [0.2, 0.25) is 0 Å². The van der Waals surface area contributed by atoms with Crippen LogP contribution in [0, 0.1) is 6.92 Å². The Kier molecular flexibility index (Phi) is 8.69. The summed E-state index contributed by atoms with van der Waals surface area (Å²) in [5.41, 5.74) is 3.27. The Balaban J connectivity index is 0. The fourth-order valence-corrected chi connectivity index (χ4v) is 2.42. The third-order valence-electron chi connectivity index (χ3n) is 3.54. The Morgan fingerprint density at radius 2 is 1.87 bits per heavy atom. The molecule has 0 spiro atoms. The fraction of sp³-hybridized carbons (Fsp3) is 0.235. The van der Waals surface area contributed by atoms with Crippen molar-refractivity contribution in [2.75, 3.05) is 24.5 Å². The summed E-state index contributed by atoms with van der Waals surface area (Å²) in [6.45, 7) is 4.48. The molecular weight excluding hydrogens is 308 g/mol. The van der Waals surface area contributed by atoms with Gasteiger partial charge in [0.2, 0.25) is 0 Å². The first kappa shape index (κ1) is 20.6. The second kappa shape index (κ2) is 9.72. The first-order valence-electron chi connectivity index (χ1n) is 7.13. The van der Waals surface area contributed by atoms with Crippen molar-refractivity contribution in [1.29, 1.82) is 0 Å². The minimum absolute atomic E-state index is 0. The van der Waals surface area contributed by atoms with Crippen LogP contribution in [-0.2, 0) is 0 Å². The number of hydrogen-bond donors (Lipinski definition) is 2. The molecule has 3 rings (SSSR count). The Hall–Kier alpha value is -0.490. The molecule has 2 aromatic rings. The van der Waals surface area contributed by atoms with Crippen molar-refractivity contribution in [3.05, 3.63) is 54.1 Å². The summed E-state index contributed by atoms with van der Waals surface area (Å²) in [4.78, 5) is 6.62. The number of nitrogens with zero attached hydrogens (tertiary/aromatic N) is 2. The van der Waals surface area contributed by atoms with Gasteiger partial charge in [-0.1, -0.05) is 23.8 Å². The summed E-state index contributed by atoms with van der Waals surface area (Å²) in [6, 6.07) is 15.7. The molecule has 0 atom stereocenters. The standard InChI is InChI=1S/C17H19N3O.2Na.2H/c1-13-5-7-14(8-6-13)20(12-17-18-9-10-19-17)15-3-2-4-16(21)11-15;;;;/h2-8,11,21H,9-10,12H2,1H3,(H,18,19);;;;/q;2*+1;2*-1. The summed E-state index contributed by atoms with van der Waals surface area (Å²) < 4.78 is 0. The van der Waals surface area contributed by atoms with Gasteiger partial charge in [-0.15, -0.1) is 0 Å². The van der Waals surface area contributed by atoms with E-state index in [-0.39, 0.29) is 67.7 Å². The van der Waals surface area contributed by atoms with Crippen molar-refractivity contribution >= 4 is 17.2 Å². The first-order chi connectivity index (χ1) is 10.2. The third-order valence-corrected chi connectivity index (χ3v) is 3.54. The normalized spacial score (nSPS) is 12.5. The molecule has 112 valence electrons. The van der Waals surface area contributed by atoms with Crippen molar-refractivity contribution in [2.45, 2.75) is 6.92 Å². The largest absolute Gasteiger partial charge is 1.00 e. The molecule has 2 N–H and O–H groups in total. The SMILES string of the molecule is Cc1ccc(N(CC2=NCCN2)c2cccc(O)c2)cc1.[H-].[H-].[Na+].[Na+]. The number of phenolic OH excluding ortho intramolecular Hbond substituents is 1. The van der Waals surface area contributed by atoms with E-state index >= 15 is 0 Å². The first-order valence-corrected chi connectivity index (χ1v) is 7.13. The van der Waals surface area contributed by atoms with Crippen LogP contribution in [-0.4, -0.2) is 30.6 Å². The molecule has 1 heterocycles. The van der Waals surface area contributed by atoms with Gasteiger partial charge in [-0.2, -0.15) is 0 Å². The Labute approximate surface area is 184 Å². The van der Waals surface area contributed by atoms with E-state index < -0.39 is 0 Å². The van der Waals surface area contributed by atoms with Gasteiger partial charge in [0, 0.05) is 24.0 Å². The molecule has 0 saturated carbocycles. The number of benzene rings is 2. The van der Waals surface area contributed by atoms with Gasteiger partial charge >= 0.3 is 59.1 Å². The van der Waals surface area contributed by atoms with Gasteiger partial charge in [0.15, 0.2) is 0 Å². The number of amidine groups is 1. The third kappa shape index (κ3) is 5.52. The van der Waals surface area contributed by atoms with Gasteiger partial charge in [-0.3, -0.25) is 4.99 Å². The Morgan fingerprint density at radius 3 is 2.48 bits per heavy atom. The summed E-state index contributed by atoms with van der Waals surface area (Å²) in [5.74, 6) is 1.25. The molecule has 4 nitrogen and oxygen atoms in total. The van der Waals surface area contributed by atoms with Crippen molar-refractivity contribution in [1.82, 2.24) is 5.32 Å². The van der Waals surface area contributed by atoms with Crippen LogP contribution in [0.25, 0.3) is 0 Å². The maximum atomic E-state index is 9.74. The molecule has 0 bridgehead atoms. The molecule has 6 heteroatoms. The minimum atomic E-state index is 0. The summed E-state index contributed by atoms with van der Waals surface area (Å²) >= 11 is 0. The maximum absolute atomic E-state index is 9.74. The number of aromatic hydroxyl groups is 1. The van der Waals surface area contributed by atoms with Crippen LogP contribution in [0.4, 0.5) is 11.4 Å². The second-order valence-corrected chi connectivity index (χ2v) is 5.20. The Bertz CT molecular complexity index is 669. The zero-order valence-electron chi connectivity index (χ0n) is 16.1. The van der Waals surface area contributed by atoms with Crippen LogP contribution in [0.1, 0.15) is 8.42 Å². The molecule has 0 fully saturated rings. The average Bonchev–Trinajstić information content (AvgIpc) is 2.99. The number of hydrogen-bond acceptors (Lipinski definition) is 4. The molecule has 0 aromatic heterocycles. The van der Waals surface area contributed by atoms with E-state index in [9.17, 15) is 5.11 Å². The summed E-state index contributed by atoms with van der Waals surface area (Å²) in [5, 5.41) is 13.0. The van der Waals surface area contributed by atoms with Gasteiger partial charge in [0.25, 0.3) is 0 Å². The van der Waals surface area contributed by atoms with Crippen LogP contribution in [0.5, 0.6) is 5.75 Å². The van der Waals surface area contributed by atoms with Gasteiger partial charge in [-0.05, 0) is 31.2 Å². The van der Waals surface area contributed by atoms with E-state index in [4.69, 9.17) is 0 Å². The molecule has 23 heavy (non-hydrogen) atoms. The van der Waals surface area contributed by atoms with Gasteiger partial charge < -0.3 is 18.2 Å². The van der Waals surface area contributed by atoms with Crippen molar-refractivity contribution in [2.24, 2.45) is 4.99 Å². The predicted octanol–water partition coefficient (Wildman–Crippen LogP) is -2.93. The van der Waals surface area contributed by atoms with Crippen LogP contribution < -0.4 is 69.3 Å². The van der Waals surface area contributed by atoms with Crippen LogP contribution >= 0.6 is 0 Å². The fourth-order valence-electron chi connectivity index (χ4n) is 2.42. The van der Waals surface area contributed by atoms with E-state index in [1.54, 1.807) is 12.1 Å². The number of phenols is 1. The van der Waals surface area contributed by atoms with E-state index in [0.29, 0.717) is 6.54 Å². The number of aliphatic imine (C=N–C) groups is 1. The number of rotatable bonds is 4. The van der Waals surface area contributed by atoms with Crippen molar-refractivity contribution in [3.8, 4) is 5.75 Å². The minimum Gasteiger partial charge on any atom is -1.00 e. The number of nitrogens with one attached hydrogen (secondary N) is 1. The Morgan fingerprint density at radius 1 is 1.13 bits per heavy atom. The summed E-state index contributed by atoms with van der Waals surface area (Å²) in [7, 11) is 0. The zero-order chi connectivity index (χ0) is 14.7. The molecule has 1 aliphatic rings. The van der Waals surface area contributed by atoms with Gasteiger partial charge in [0.1, 0.15) is 11.6 Å². The zero-order valence-corrected chi connectivity index (χ0v) is 18.1. The molecule has 0 aliphatic carbocycles. The van der Waals surface area contributed by atoms with Crippen molar-refractivity contribution < 1.29 is 67.1 Å². The summed E-state index contributed by atoms with van der Waals surface area (Å²) in [6.07, 6.45) is 0. The van der Waals surface area contributed by atoms with E-state index in [0.717, 1.165) is 30.3 Å². The van der Waals surface area contributed by atoms with E-state index in [1.807, 2.05) is 12.1 Å². The molecule has 0 saturated heterocycles. The topological polar surface area (TPSA) is 47.9 Å². The smallest absolute Gasteiger partial charge is 1.00 e. The quantitative estimate of drug-likeness (QED) is 0.591. The van der Waals surface area contributed by atoms with Crippen LogP contribution in [0.3, 0.4) is 0 Å². The second-order valence-electron chi connectivity index (χ2n) is 5.20. The van der Waals surface area contributed by atoms with Gasteiger partial charge in [0.05, 0.1) is 13.1 Å².